The zero-order chi connectivity index (χ0) is 28.6. The molecule has 8 nitrogen and oxygen atoms in total. The van der Waals surface area contributed by atoms with Crippen LogP contribution in [0.4, 0.5) is 10.1 Å². The summed E-state index contributed by atoms with van der Waals surface area (Å²) in [6.07, 6.45) is 1.40. The van der Waals surface area contributed by atoms with Crippen molar-refractivity contribution in [3.05, 3.63) is 93.0 Å². The SMILES string of the molecule is COc1ccc(-c2noc(C3(c4c(Cl)cc(NC(=O)Cc5ccc(C(C)S(=O)O)cc5)cc4Cl)CC3)n2)c(F)c1. The Morgan fingerprint density at radius 1 is 1.18 bits per heavy atom. The zero-order valence-corrected chi connectivity index (χ0v) is 23.7. The lowest BCUT2D eigenvalue weighted by molar-refractivity contribution is -0.115. The number of carbonyl (C=O) groups is 1. The number of halogens is 3. The highest BCUT2D eigenvalue weighted by molar-refractivity contribution is 7.79. The number of nitrogens with one attached hydrogen (secondary N) is 1. The summed E-state index contributed by atoms with van der Waals surface area (Å²) >= 11 is 11.4. The summed E-state index contributed by atoms with van der Waals surface area (Å²) in [5, 5.41) is 6.91. The Kier molecular flexibility index (Phi) is 7.96. The van der Waals surface area contributed by atoms with E-state index in [1.807, 2.05) is 0 Å². The van der Waals surface area contributed by atoms with Gasteiger partial charge in [0.25, 0.3) is 0 Å². The molecule has 2 unspecified atom stereocenters. The maximum atomic E-state index is 14.6. The fourth-order valence-corrected chi connectivity index (χ4v) is 5.78. The molecule has 1 aliphatic rings. The second kappa shape index (κ2) is 11.3. The minimum Gasteiger partial charge on any atom is -0.497 e. The van der Waals surface area contributed by atoms with Gasteiger partial charge < -0.3 is 19.1 Å². The van der Waals surface area contributed by atoms with Gasteiger partial charge in [-0.25, -0.2) is 8.60 Å². The molecule has 12 heteroatoms. The molecule has 1 aromatic heterocycles. The first kappa shape index (κ1) is 28.2. The van der Waals surface area contributed by atoms with E-state index in [0.29, 0.717) is 45.5 Å². The Bertz CT molecular complexity index is 1580. The number of anilines is 1. The van der Waals surface area contributed by atoms with Gasteiger partial charge >= 0.3 is 0 Å². The highest BCUT2D eigenvalue weighted by Crippen LogP contribution is 2.57. The highest BCUT2D eigenvalue weighted by Gasteiger charge is 2.53. The van der Waals surface area contributed by atoms with Gasteiger partial charge in [-0.3, -0.25) is 4.79 Å². The lowest BCUT2D eigenvalue weighted by Gasteiger charge is -2.17. The molecule has 1 saturated carbocycles. The second-order valence-corrected chi connectivity index (χ2v) is 11.6. The standard InChI is InChI=1S/C28H24Cl2FN3O5S/c1-15(40(36)37)17-5-3-16(4-6-17)11-24(35)32-18-12-21(29)25(22(30)13-18)28(9-10-28)27-33-26(34-39-27)20-8-7-19(38-2)14-23(20)31/h3-8,12-15H,9-11H2,1-2H3,(H,32,35)(H,36,37). The number of aromatic nitrogens is 2. The quantitative estimate of drug-likeness (QED) is 0.204. The Labute approximate surface area is 242 Å². The molecule has 0 bridgehead atoms. The highest BCUT2D eigenvalue weighted by atomic mass is 35.5. The van der Waals surface area contributed by atoms with Crippen LogP contribution in [0.15, 0.2) is 59.1 Å². The largest absolute Gasteiger partial charge is 0.497 e. The number of methoxy groups -OCH3 is 1. The minimum atomic E-state index is -1.97. The average Bonchev–Trinajstić information content (AvgIpc) is 3.55. The lowest BCUT2D eigenvalue weighted by Crippen LogP contribution is -2.16. The van der Waals surface area contributed by atoms with Crippen LogP contribution in [0.1, 0.15) is 47.6 Å². The van der Waals surface area contributed by atoms with E-state index in [9.17, 15) is 17.9 Å². The third kappa shape index (κ3) is 5.62. The number of rotatable bonds is 9. The van der Waals surface area contributed by atoms with Crippen molar-refractivity contribution in [2.45, 2.75) is 36.9 Å². The number of hydrogen-bond acceptors (Lipinski definition) is 6. The summed E-state index contributed by atoms with van der Waals surface area (Å²) in [6.45, 7) is 1.65. The first-order valence-electron chi connectivity index (χ1n) is 12.3. The van der Waals surface area contributed by atoms with Crippen molar-refractivity contribution in [2.75, 3.05) is 12.4 Å². The summed E-state index contributed by atoms with van der Waals surface area (Å²) in [5.74, 6) is -0.0695. The molecule has 2 atom stereocenters. The first-order chi connectivity index (χ1) is 19.1. The maximum absolute atomic E-state index is 14.6. The Balaban J connectivity index is 1.32. The molecule has 1 amide bonds. The van der Waals surface area contributed by atoms with Crippen molar-refractivity contribution < 1.29 is 27.2 Å². The van der Waals surface area contributed by atoms with Gasteiger partial charge in [0, 0.05) is 27.4 Å². The van der Waals surface area contributed by atoms with Gasteiger partial charge in [-0.15, -0.1) is 0 Å². The van der Waals surface area contributed by atoms with Crippen molar-refractivity contribution in [3.8, 4) is 17.1 Å². The van der Waals surface area contributed by atoms with Crippen LogP contribution in [0.2, 0.25) is 10.0 Å². The van der Waals surface area contributed by atoms with E-state index >= 15 is 0 Å². The Hall–Kier alpha value is -3.31. The zero-order valence-electron chi connectivity index (χ0n) is 21.4. The molecule has 4 aromatic rings. The topological polar surface area (TPSA) is 115 Å². The smallest absolute Gasteiger partial charge is 0.237 e. The van der Waals surface area contributed by atoms with Gasteiger partial charge in [0.1, 0.15) is 11.6 Å². The van der Waals surface area contributed by atoms with Gasteiger partial charge in [-0.1, -0.05) is 52.6 Å². The number of carbonyl (C=O) groups excluding carboxylic acids is 1. The fourth-order valence-electron chi connectivity index (χ4n) is 4.54. The number of benzene rings is 3. The summed E-state index contributed by atoms with van der Waals surface area (Å²) in [7, 11) is 1.45. The lowest BCUT2D eigenvalue weighted by atomic mass is 9.95. The van der Waals surface area contributed by atoms with Crippen LogP contribution in [0.25, 0.3) is 11.4 Å². The molecule has 0 saturated heterocycles. The molecule has 0 radical (unpaired) electrons. The van der Waals surface area contributed by atoms with Crippen molar-refractivity contribution in [3.63, 3.8) is 0 Å². The van der Waals surface area contributed by atoms with Gasteiger partial charge in [0.2, 0.25) is 17.6 Å². The van der Waals surface area contributed by atoms with E-state index < -0.39 is 27.6 Å². The molecule has 3 aromatic carbocycles. The number of nitrogens with zero attached hydrogens (tertiary/aromatic N) is 2. The number of ether oxygens (including phenoxy) is 1. The molecule has 2 N–H and O–H groups in total. The van der Waals surface area contributed by atoms with Crippen LogP contribution in [0, 0.1) is 5.82 Å². The van der Waals surface area contributed by atoms with Crippen LogP contribution in [0.5, 0.6) is 5.75 Å². The van der Waals surface area contributed by atoms with Crippen LogP contribution in [0.3, 0.4) is 0 Å². The third-order valence-electron chi connectivity index (χ3n) is 6.92. The predicted octanol–water partition coefficient (Wildman–Crippen LogP) is 6.73. The third-order valence-corrected chi connectivity index (χ3v) is 8.40. The molecular weight excluding hydrogens is 580 g/mol. The van der Waals surface area contributed by atoms with Crippen LogP contribution in [-0.4, -0.2) is 31.9 Å². The molecule has 40 heavy (non-hydrogen) atoms. The van der Waals surface area contributed by atoms with Crippen molar-refractivity contribution in [1.82, 2.24) is 10.1 Å². The van der Waals surface area contributed by atoms with E-state index in [1.54, 1.807) is 49.4 Å². The summed E-state index contributed by atoms with van der Waals surface area (Å²) in [5.41, 5.74) is 1.94. The maximum Gasteiger partial charge on any atom is 0.237 e. The molecule has 1 fully saturated rings. The van der Waals surface area contributed by atoms with E-state index in [1.165, 1.54) is 19.2 Å². The van der Waals surface area contributed by atoms with E-state index in [2.05, 4.69) is 15.5 Å². The number of hydrogen-bond donors (Lipinski definition) is 2. The van der Waals surface area contributed by atoms with E-state index in [4.69, 9.17) is 32.5 Å². The summed E-state index contributed by atoms with van der Waals surface area (Å²) in [6, 6.07) is 14.5. The van der Waals surface area contributed by atoms with Crippen LogP contribution < -0.4 is 10.1 Å². The van der Waals surface area contributed by atoms with Gasteiger partial charge in [-0.05, 0) is 55.2 Å². The monoisotopic (exact) mass is 603 g/mol. The first-order valence-corrected chi connectivity index (χ1v) is 14.2. The summed E-state index contributed by atoms with van der Waals surface area (Å²) in [4.78, 5) is 17.2. The summed E-state index contributed by atoms with van der Waals surface area (Å²) < 4.78 is 45.7. The minimum absolute atomic E-state index is 0.0878. The van der Waals surface area contributed by atoms with Crippen LogP contribution >= 0.6 is 23.2 Å². The number of amides is 1. The Morgan fingerprint density at radius 2 is 1.85 bits per heavy atom. The second-order valence-electron chi connectivity index (χ2n) is 9.55. The van der Waals surface area contributed by atoms with Crippen molar-refractivity contribution >= 4 is 45.9 Å². The molecule has 0 aliphatic heterocycles. The van der Waals surface area contributed by atoms with Crippen LogP contribution in [-0.2, 0) is 27.7 Å². The van der Waals surface area contributed by atoms with E-state index in [0.717, 1.165) is 5.56 Å². The van der Waals surface area contributed by atoms with Gasteiger partial charge in [0.15, 0.2) is 11.1 Å². The average molecular weight is 604 g/mol. The molecule has 1 heterocycles. The van der Waals surface area contributed by atoms with Crippen molar-refractivity contribution in [2.24, 2.45) is 0 Å². The normalized spacial score (nSPS) is 15.3. The van der Waals surface area contributed by atoms with Gasteiger partial charge in [0.05, 0.1) is 29.8 Å². The Morgan fingerprint density at radius 3 is 2.42 bits per heavy atom. The molecule has 1 aliphatic carbocycles. The molecule has 0 spiro atoms. The molecule has 5 rings (SSSR count). The van der Waals surface area contributed by atoms with E-state index in [-0.39, 0.29) is 29.6 Å². The fraction of sp³-hybridized carbons (Fsp3) is 0.250. The van der Waals surface area contributed by atoms with Crippen molar-refractivity contribution in [1.29, 1.82) is 0 Å². The predicted molar refractivity (Wildman–Crippen MR) is 151 cm³/mol. The molecular formula is C28H24Cl2FN3O5S. The molecule has 208 valence electrons. The van der Waals surface area contributed by atoms with Gasteiger partial charge in [-0.2, -0.15) is 4.98 Å².